The van der Waals surface area contributed by atoms with E-state index in [1.807, 2.05) is 50.2 Å². The number of thioether (sulfide) groups is 1. The minimum atomic E-state index is -0.695. The van der Waals surface area contributed by atoms with Crippen LogP contribution in [0.4, 0.5) is 0 Å². The number of benzene rings is 1. The maximum atomic E-state index is 10.5. The molecule has 3 N–H and O–H groups in total. The van der Waals surface area contributed by atoms with E-state index in [0.717, 1.165) is 35.8 Å². The number of halogens is 1. The summed E-state index contributed by atoms with van der Waals surface area (Å²) in [5.41, 5.74) is 0.793. The standard InChI is InChI=1S/C21H31N3O3S.HI/c1-16(2)27-19-7-4-6-17(14-19)20(25)15-24-21(23-11-13-28-3)22-10-9-18-8-5-12-26-18;/h4-8,12,14,16,20,25H,9-11,13,15H2,1-3H3,(H2,22,23,24);1H. The van der Waals surface area contributed by atoms with Crippen LogP contribution in [0.2, 0.25) is 0 Å². The molecule has 1 atom stereocenters. The maximum Gasteiger partial charge on any atom is 0.191 e. The van der Waals surface area contributed by atoms with Crippen LogP contribution in [0.25, 0.3) is 0 Å². The second-order valence-corrected chi connectivity index (χ2v) is 7.61. The first kappa shape index (κ1) is 25.6. The van der Waals surface area contributed by atoms with Crippen LogP contribution in [0.15, 0.2) is 52.1 Å². The Morgan fingerprint density at radius 1 is 1.21 bits per heavy atom. The van der Waals surface area contributed by atoms with E-state index in [2.05, 4.69) is 21.9 Å². The molecule has 0 spiro atoms. The minimum absolute atomic E-state index is 0. The van der Waals surface area contributed by atoms with Crippen molar-refractivity contribution in [3.63, 3.8) is 0 Å². The Kier molecular flexibility index (Phi) is 12.9. The van der Waals surface area contributed by atoms with Crippen molar-refractivity contribution in [2.24, 2.45) is 4.99 Å². The fourth-order valence-electron chi connectivity index (χ4n) is 2.56. The predicted molar refractivity (Wildman–Crippen MR) is 132 cm³/mol. The van der Waals surface area contributed by atoms with E-state index in [0.29, 0.717) is 12.5 Å². The third-order valence-electron chi connectivity index (χ3n) is 3.88. The van der Waals surface area contributed by atoms with E-state index in [4.69, 9.17) is 9.15 Å². The Bertz CT molecular complexity index is 711. The average Bonchev–Trinajstić information content (AvgIpc) is 3.18. The van der Waals surface area contributed by atoms with Crippen molar-refractivity contribution in [1.82, 2.24) is 10.6 Å². The second-order valence-electron chi connectivity index (χ2n) is 6.62. The highest BCUT2D eigenvalue weighted by molar-refractivity contribution is 14.0. The number of ether oxygens (including phenoxy) is 1. The molecule has 6 nitrogen and oxygen atoms in total. The molecule has 0 amide bonds. The molecule has 8 heteroatoms. The summed E-state index contributed by atoms with van der Waals surface area (Å²) in [6.07, 6.45) is 3.91. The first-order valence-electron chi connectivity index (χ1n) is 9.56. The predicted octanol–water partition coefficient (Wildman–Crippen LogP) is 3.86. The quantitative estimate of drug-likeness (QED) is 0.176. The maximum absolute atomic E-state index is 10.5. The van der Waals surface area contributed by atoms with Gasteiger partial charge in [0.2, 0.25) is 0 Å². The van der Waals surface area contributed by atoms with Gasteiger partial charge in [0.25, 0.3) is 0 Å². The third-order valence-corrected chi connectivity index (χ3v) is 4.49. The Hall–Kier alpha value is -1.39. The van der Waals surface area contributed by atoms with Crippen LogP contribution in [0.5, 0.6) is 5.75 Å². The van der Waals surface area contributed by atoms with Crippen molar-refractivity contribution in [3.05, 3.63) is 54.0 Å². The summed E-state index contributed by atoms with van der Waals surface area (Å²) in [5, 5.41) is 17.1. The van der Waals surface area contributed by atoms with Gasteiger partial charge in [-0.1, -0.05) is 12.1 Å². The normalized spacial score (nSPS) is 12.4. The highest BCUT2D eigenvalue weighted by Crippen LogP contribution is 2.20. The lowest BCUT2D eigenvalue weighted by molar-refractivity contribution is 0.185. The van der Waals surface area contributed by atoms with Crippen molar-refractivity contribution in [2.75, 3.05) is 31.6 Å². The molecule has 0 aliphatic carbocycles. The number of aliphatic hydroxyl groups excluding tert-OH is 1. The Morgan fingerprint density at radius 3 is 2.69 bits per heavy atom. The molecular weight excluding hydrogens is 501 g/mol. The van der Waals surface area contributed by atoms with Crippen molar-refractivity contribution in [2.45, 2.75) is 32.5 Å². The summed E-state index contributed by atoms with van der Waals surface area (Å²) in [6.45, 7) is 5.73. The van der Waals surface area contributed by atoms with Gasteiger partial charge in [-0.05, 0) is 49.9 Å². The first-order valence-corrected chi connectivity index (χ1v) is 11.0. The zero-order valence-corrected chi connectivity index (χ0v) is 20.4. The molecule has 2 rings (SSSR count). The zero-order valence-electron chi connectivity index (χ0n) is 17.3. The number of nitrogens with zero attached hydrogens (tertiary/aromatic N) is 1. The summed E-state index contributed by atoms with van der Waals surface area (Å²) in [4.78, 5) is 4.55. The van der Waals surface area contributed by atoms with Crippen LogP contribution in [-0.4, -0.2) is 48.8 Å². The summed E-state index contributed by atoms with van der Waals surface area (Å²) < 4.78 is 11.1. The molecule has 1 aromatic heterocycles. The summed E-state index contributed by atoms with van der Waals surface area (Å²) in [7, 11) is 0. The molecule has 0 radical (unpaired) electrons. The van der Waals surface area contributed by atoms with Gasteiger partial charge in [-0.2, -0.15) is 11.8 Å². The molecule has 0 saturated heterocycles. The average molecular weight is 533 g/mol. The van der Waals surface area contributed by atoms with E-state index < -0.39 is 6.10 Å². The second kappa shape index (κ2) is 14.6. The van der Waals surface area contributed by atoms with Crippen LogP contribution in [0, 0.1) is 0 Å². The number of aliphatic imine (C=N–C) groups is 1. The van der Waals surface area contributed by atoms with Crippen LogP contribution < -0.4 is 15.4 Å². The minimum Gasteiger partial charge on any atom is -0.491 e. The van der Waals surface area contributed by atoms with Gasteiger partial charge in [-0.15, -0.1) is 24.0 Å². The molecule has 1 unspecified atom stereocenters. The highest BCUT2D eigenvalue weighted by Gasteiger charge is 2.10. The first-order chi connectivity index (χ1) is 13.6. The summed E-state index contributed by atoms with van der Waals surface area (Å²) in [6, 6.07) is 11.4. The van der Waals surface area contributed by atoms with E-state index in [-0.39, 0.29) is 36.6 Å². The van der Waals surface area contributed by atoms with Crippen molar-refractivity contribution >= 4 is 41.7 Å². The molecule has 0 saturated carbocycles. The third kappa shape index (κ3) is 10.3. The number of hydrogen-bond donors (Lipinski definition) is 3. The van der Waals surface area contributed by atoms with E-state index in [1.165, 1.54) is 0 Å². The number of hydrogen-bond acceptors (Lipinski definition) is 5. The Balaban J connectivity index is 0.00000420. The lowest BCUT2D eigenvalue weighted by Gasteiger charge is -2.15. The number of rotatable bonds is 11. The molecule has 1 aromatic carbocycles. The van der Waals surface area contributed by atoms with Crippen LogP contribution in [0.3, 0.4) is 0 Å². The number of furan rings is 1. The molecule has 0 aliphatic heterocycles. The van der Waals surface area contributed by atoms with Crippen molar-refractivity contribution < 1.29 is 14.3 Å². The van der Waals surface area contributed by atoms with Gasteiger partial charge in [-0.3, -0.25) is 4.99 Å². The smallest absolute Gasteiger partial charge is 0.191 e. The largest absolute Gasteiger partial charge is 0.491 e. The van der Waals surface area contributed by atoms with E-state index in [1.54, 1.807) is 18.0 Å². The highest BCUT2D eigenvalue weighted by atomic mass is 127. The monoisotopic (exact) mass is 533 g/mol. The number of guanidine groups is 1. The molecule has 0 aliphatic rings. The van der Waals surface area contributed by atoms with Gasteiger partial charge in [0.1, 0.15) is 11.5 Å². The molecule has 0 bridgehead atoms. The molecule has 2 aromatic rings. The lowest BCUT2D eigenvalue weighted by atomic mass is 10.1. The SMILES string of the molecule is CSCCNC(=NCC(O)c1cccc(OC(C)C)c1)NCCc1ccco1.I. The molecule has 162 valence electrons. The van der Waals surface area contributed by atoms with Gasteiger partial charge in [0.05, 0.1) is 25.0 Å². The molecular formula is C21H32IN3O3S. The van der Waals surface area contributed by atoms with Gasteiger partial charge in [0.15, 0.2) is 5.96 Å². The Labute approximate surface area is 194 Å². The topological polar surface area (TPSA) is 79.0 Å². The van der Waals surface area contributed by atoms with Crippen molar-refractivity contribution in [3.8, 4) is 5.75 Å². The fourth-order valence-corrected chi connectivity index (χ4v) is 2.86. The molecule has 1 heterocycles. The number of nitrogens with one attached hydrogen (secondary N) is 2. The molecule has 29 heavy (non-hydrogen) atoms. The summed E-state index contributed by atoms with van der Waals surface area (Å²) >= 11 is 1.77. The van der Waals surface area contributed by atoms with Gasteiger partial charge < -0.3 is 24.9 Å². The van der Waals surface area contributed by atoms with Gasteiger partial charge in [-0.25, -0.2) is 0 Å². The van der Waals surface area contributed by atoms with Crippen LogP contribution >= 0.6 is 35.7 Å². The van der Waals surface area contributed by atoms with E-state index >= 15 is 0 Å². The lowest BCUT2D eigenvalue weighted by Crippen LogP contribution is -2.39. The number of aliphatic hydroxyl groups is 1. The van der Waals surface area contributed by atoms with Gasteiger partial charge >= 0.3 is 0 Å². The van der Waals surface area contributed by atoms with Crippen molar-refractivity contribution in [1.29, 1.82) is 0 Å². The van der Waals surface area contributed by atoms with Crippen LogP contribution in [0.1, 0.15) is 31.3 Å². The fraction of sp³-hybridized carbons (Fsp3) is 0.476. The molecule has 0 fully saturated rings. The van der Waals surface area contributed by atoms with Gasteiger partial charge in [0, 0.05) is 25.3 Å². The van der Waals surface area contributed by atoms with Crippen LogP contribution in [-0.2, 0) is 6.42 Å². The summed E-state index contributed by atoms with van der Waals surface area (Å²) in [5.74, 6) is 3.35. The van der Waals surface area contributed by atoms with E-state index in [9.17, 15) is 5.11 Å². The zero-order chi connectivity index (χ0) is 20.2. The Morgan fingerprint density at radius 2 is 2.00 bits per heavy atom.